The maximum Gasteiger partial charge on any atom is 0.234 e. The van der Waals surface area contributed by atoms with Crippen molar-refractivity contribution in [2.24, 2.45) is 0 Å². The second kappa shape index (κ2) is 8.50. The molecule has 1 unspecified atom stereocenters. The zero-order valence-electron chi connectivity index (χ0n) is 17.2. The molecule has 4 heteroatoms. The highest BCUT2D eigenvalue weighted by molar-refractivity contribution is 5.88. The summed E-state index contributed by atoms with van der Waals surface area (Å²) in [5.41, 5.74) is 3.48. The van der Waals surface area contributed by atoms with E-state index in [0.29, 0.717) is 6.54 Å². The third-order valence-electron chi connectivity index (χ3n) is 6.79. The first-order valence-electron chi connectivity index (χ1n) is 10.7. The first-order chi connectivity index (χ1) is 14.1. The van der Waals surface area contributed by atoms with E-state index in [-0.39, 0.29) is 17.7 Å². The van der Waals surface area contributed by atoms with Crippen LogP contribution in [0.1, 0.15) is 42.9 Å². The van der Waals surface area contributed by atoms with Gasteiger partial charge >= 0.3 is 0 Å². The Hall–Kier alpha value is -2.46. The minimum absolute atomic E-state index is 0.101. The standard InChI is InChI=1S/C25H30N2O2/c1-19(28)25(22-9-3-2-4-10-22)13-15-27(16-14-25)18-24(29)26-23-12-11-20-7-5-6-8-21(20)17-23/h2-10,23H,11-18H2,1H3,(H,26,29). The number of benzene rings is 2. The number of carbonyl (C=O) groups is 2. The highest BCUT2D eigenvalue weighted by atomic mass is 16.2. The Labute approximate surface area is 173 Å². The molecule has 4 rings (SSSR count). The number of ketones is 1. The van der Waals surface area contributed by atoms with Crippen molar-refractivity contribution in [1.29, 1.82) is 0 Å². The van der Waals surface area contributed by atoms with Crippen molar-refractivity contribution in [1.82, 2.24) is 10.2 Å². The molecule has 1 amide bonds. The van der Waals surface area contributed by atoms with E-state index < -0.39 is 5.41 Å². The third kappa shape index (κ3) is 4.27. The molecule has 1 saturated heterocycles. The number of fused-ring (bicyclic) bond motifs is 1. The van der Waals surface area contributed by atoms with Crippen molar-refractivity contribution in [3.05, 3.63) is 71.3 Å². The molecule has 29 heavy (non-hydrogen) atoms. The van der Waals surface area contributed by atoms with E-state index in [0.717, 1.165) is 50.8 Å². The van der Waals surface area contributed by atoms with Crippen molar-refractivity contribution in [3.63, 3.8) is 0 Å². The largest absolute Gasteiger partial charge is 0.352 e. The SMILES string of the molecule is CC(=O)C1(c2ccccc2)CCN(CC(=O)NC2CCc3ccccc3C2)CC1. The molecule has 4 nitrogen and oxygen atoms in total. The van der Waals surface area contributed by atoms with Gasteiger partial charge in [0.25, 0.3) is 0 Å². The van der Waals surface area contributed by atoms with E-state index in [9.17, 15) is 9.59 Å². The van der Waals surface area contributed by atoms with Crippen LogP contribution >= 0.6 is 0 Å². The van der Waals surface area contributed by atoms with Gasteiger partial charge in [-0.15, -0.1) is 0 Å². The number of piperidine rings is 1. The van der Waals surface area contributed by atoms with Gasteiger partial charge in [-0.1, -0.05) is 54.6 Å². The maximum absolute atomic E-state index is 12.6. The normalized spacial score (nSPS) is 21.2. The molecule has 2 aromatic carbocycles. The molecule has 0 radical (unpaired) electrons. The van der Waals surface area contributed by atoms with E-state index in [1.165, 1.54) is 11.1 Å². The van der Waals surface area contributed by atoms with Gasteiger partial charge in [-0.05, 0) is 68.8 Å². The molecule has 0 spiro atoms. The Morgan fingerprint density at radius 1 is 1.00 bits per heavy atom. The van der Waals surface area contributed by atoms with Crippen LogP contribution in [0.4, 0.5) is 0 Å². The van der Waals surface area contributed by atoms with Crippen LogP contribution in [0.15, 0.2) is 54.6 Å². The second-order valence-corrected chi connectivity index (χ2v) is 8.56. The number of nitrogens with zero attached hydrogens (tertiary/aromatic N) is 1. The van der Waals surface area contributed by atoms with Crippen LogP contribution in [0, 0.1) is 0 Å². The van der Waals surface area contributed by atoms with Crippen molar-refractivity contribution in [3.8, 4) is 0 Å². The summed E-state index contributed by atoms with van der Waals surface area (Å²) in [7, 11) is 0. The molecule has 1 N–H and O–H groups in total. The number of Topliss-reactive ketones (excluding diaryl/α,β-unsaturated/α-hetero) is 1. The van der Waals surface area contributed by atoms with E-state index in [4.69, 9.17) is 0 Å². The minimum atomic E-state index is -0.401. The highest BCUT2D eigenvalue weighted by Gasteiger charge is 2.40. The zero-order chi connectivity index (χ0) is 20.3. The smallest absolute Gasteiger partial charge is 0.234 e. The fourth-order valence-electron chi connectivity index (χ4n) is 4.99. The summed E-state index contributed by atoms with van der Waals surface area (Å²) in [4.78, 5) is 27.3. The van der Waals surface area contributed by atoms with Gasteiger partial charge in [-0.2, -0.15) is 0 Å². The Bertz CT molecular complexity index is 869. The maximum atomic E-state index is 12.6. The fraction of sp³-hybridized carbons (Fsp3) is 0.440. The summed E-state index contributed by atoms with van der Waals surface area (Å²) in [5, 5.41) is 3.23. The predicted octanol–water partition coefficient (Wildman–Crippen LogP) is 3.28. The molecule has 0 bridgehead atoms. The number of aryl methyl sites for hydroxylation is 1. The lowest BCUT2D eigenvalue weighted by Crippen LogP contribution is -2.50. The third-order valence-corrected chi connectivity index (χ3v) is 6.79. The Kier molecular flexibility index (Phi) is 5.81. The summed E-state index contributed by atoms with van der Waals surface area (Å²) in [5.74, 6) is 0.332. The minimum Gasteiger partial charge on any atom is -0.352 e. The number of rotatable bonds is 5. The number of amides is 1. The topological polar surface area (TPSA) is 49.4 Å². The lowest BCUT2D eigenvalue weighted by atomic mass is 9.70. The summed E-state index contributed by atoms with van der Waals surface area (Å²) >= 11 is 0. The molecule has 0 saturated carbocycles. The van der Waals surface area contributed by atoms with Crippen LogP contribution in [-0.4, -0.2) is 42.3 Å². The average molecular weight is 391 g/mol. The van der Waals surface area contributed by atoms with Crippen molar-refractivity contribution in [2.75, 3.05) is 19.6 Å². The van der Waals surface area contributed by atoms with E-state index in [2.05, 4.69) is 46.6 Å². The molecule has 1 aliphatic heterocycles. The molecule has 1 fully saturated rings. The summed E-state index contributed by atoms with van der Waals surface area (Å²) < 4.78 is 0. The van der Waals surface area contributed by atoms with Crippen LogP contribution in [0.2, 0.25) is 0 Å². The molecule has 1 aliphatic carbocycles. The van der Waals surface area contributed by atoms with Crippen LogP contribution < -0.4 is 5.32 Å². The number of hydrogen-bond donors (Lipinski definition) is 1. The molecule has 2 aromatic rings. The molecule has 1 atom stereocenters. The van der Waals surface area contributed by atoms with Gasteiger partial charge in [0.05, 0.1) is 12.0 Å². The molecular weight excluding hydrogens is 360 g/mol. The lowest BCUT2D eigenvalue weighted by molar-refractivity contribution is -0.125. The van der Waals surface area contributed by atoms with Gasteiger partial charge in [0, 0.05) is 6.04 Å². The van der Waals surface area contributed by atoms with Crippen molar-refractivity contribution in [2.45, 2.75) is 50.5 Å². The van der Waals surface area contributed by atoms with Gasteiger partial charge in [-0.25, -0.2) is 0 Å². The molecular formula is C25H30N2O2. The predicted molar refractivity (Wildman–Crippen MR) is 115 cm³/mol. The zero-order valence-corrected chi connectivity index (χ0v) is 17.2. The van der Waals surface area contributed by atoms with Gasteiger partial charge in [0.2, 0.25) is 5.91 Å². The Morgan fingerprint density at radius 2 is 1.66 bits per heavy atom. The monoisotopic (exact) mass is 390 g/mol. The van der Waals surface area contributed by atoms with Crippen molar-refractivity contribution < 1.29 is 9.59 Å². The number of likely N-dealkylation sites (tertiary alicyclic amines) is 1. The lowest BCUT2D eigenvalue weighted by Gasteiger charge is -2.40. The summed E-state index contributed by atoms with van der Waals surface area (Å²) in [6.45, 7) is 3.67. The Balaban J connectivity index is 1.31. The van der Waals surface area contributed by atoms with Crippen LogP contribution in [0.5, 0.6) is 0 Å². The van der Waals surface area contributed by atoms with Gasteiger partial charge in [0.15, 0.2) is 0 Å². The average Bonchev–Trinajstić information content (AvgIpc) is 2.74. The van der Waals surface area contributed by atoms with E-state index in [1.54, 1.807) is 6.92 Å². The summed E-state index contributed by atoms with van der Waals surface area (Å²) in [6, 6.07) is 18.9. The molecule has 0 aromatic heterocycles. The Morgan fingerprint density at radius 3 is 2.34 bits per heavy atom. The van der Waals surface area contributed by atoms with Gasteiger partial charge in [0.1, 0.15) is 5.78 Å². The first-order valence-corrected chi connectivity index (χ1v) is 10.7. The fourth-order valence-corrected chi connectivity index (χ4v) is 4.99. The van der Waals surface area contributed by atoms with Gasteiger partial charge in [-0.3, -0.25) is 14.5 Å². The summed E-state index contributed by atoms with van der Waals surface area (Å²) in [6.07, 6.45) is 4.50. The van der Waals surface area contributed by atoms with E-state index in [1.807, 2.05) is 18.2 Å². The van der Waals surface area contributed by atoms with Crippen LogP contribution in [0.25, 0.3) is 0 Å². The number of nitrogens with one attached hydrogen (secondary N) is 1. The molecule has 2 aliphatic rings. The van der Waals surface area contributed by atoms with E-state index >= 15 is 0 Å². The molecule has 1 heterocycles. The van der Waals surface area contributed by atoms with Crippen molar-refractivity contribution >= 4 is 11.7 Å². The van der Waals surface area contributed by atoms with Crippen LogP contribution in [-0.2, 0) is 27.8 Å². The number of hydrogen-bond acceptors (Lipinski definition) is 3. The highest BCUT2D eigenvalue weighted by Crippen LogP contribution is 2.36. The first kappa shape index (κ1) is 19.8. The van der Waals surface area contributed by atoms with Gasteiger partial charge < -0.3 is 5.32 Å². The van der Waals surface area contributed by atoms with Crippen LogP contribution in [0.3, 0.4) is 0 Å². The second-order valence-electron chi connectivity index (χ2n) is 8.56. The number of carbonyl (C=O) groups excluding carboxylic acids is 2. The quantitative estimate of drug-likeness (QED) is 0.852. The molecule has 152 valence electrons.